The molecule has 0 saturated heterocycles. The fraction of sp³-hybridized carbons (Fsp3) is 0.357. The van der Waals surface area contributed by atoms with Gasteiger partial charge in [-0.05, 0) is 31.9 Å². The van der Waals surface area contributed by atoms with E-state index >= 15 is 0 Å². The molecule has 0 atom stereocenters. The van der Waals surface area contributed by atoms with Crippen molar-refractivity contribution in [1.29, 1.82) is 0 Å². The van der Waals surface area contributed by atoms with Gasteiger partial charge >= 0.3 is 6.09 Å². The number of rotatable bonds is 3. The van der Waals surface area contributed by atoms with Crippen LogP contribution in [0.4, 0.5) is 4.79 Å². The molecular weight excluding hydrogens is 214 g/mol. The first kappa shape index (κ1) is 13.3. The number of carbonyl (C=O) groups is 1. The van der Waals surface area contributed by atoms with Crippen LogP contribution in [0.2, 0.25) is 0 Å². The van der Waals surface area contributed by atoms with Crippen LogP contribution in [0, 0.1) is 0 Å². The lowest BCUT2D eigenvalue weighted by Gasteiger charge is -2.33. The van der Waals surface area contributed by atoms with Crippen LogP contribution in [0.15, 0.2) is 30.8 Å². The Morgan fingerprint density at radius 2 is 2.00 bits per heavy atom. The van der Waals surface area contributed by atoms with Gasteiger partial charge in [-0.1, -0.05) is 36.9 Å². The van der Waals surface area contributed by atoms with E-state index in [1.807, 2.05) is 45.0 Å². The van der Waals surface area contributed by atoms with E-state index in [0.29, 0.717) is 6.54 Å². The Hall–Kier alpha value is -1.77. The molecule has 3 heteroatoms. The van der Waals surface area contributed by atoms with Gasteiger partial charge in [-0.2, -0.15) is 0 Å². The first-order chi connectivity index (χ1) is 7.86. The van der Waals surface area contributed by atoms with Gasteiger partial charge < -0.3 is 5.11 Å². The number of hydrogen-bond acceptors (Lipinski definition) is 1. The minimum absolute atomic E-state index is 0.376. The number of nitrogens with zero attached hydrogens (tertiary/aromatic N) is 1. The van der Waals surface area contributed by atoms with Gasteiger partial charge in [0.1, 0.15) is 0 Å². The smallest absolute Gasteiger partial charge is 0.408 e. The molecule has 3 nitrogen and oxygen atoms in total. The van der Waals surface area contributed by atoms with Gasteiger partial charge in [-0.25, -0.2) is 4.79 Å². The molecular formula is C14H19NO2. The van der Waals surface area contributed by atoms with Gasteiger partial charge in [0.05, 0.1) is 6.54 Å². The van der Waals surface area contributed by atoms with Crippen LogP contribution in [0.25, 0.3) is 6.08 Å². The van der Waals surface area contributed by atoms with Crippen LogP contribution < -0.4 is 0 Å². The SMILES string of the molecule is C=Cc1ccccc1CN(C(=O)O)C(C)(C)C. The quantitative estimate of drug-likeness (QED) is 0.866. The van der Waals surface area contributed by atoms with Crippen LogP contribution >= 0.6 is 0 Å². The van der Waals surface area contributed by atoms with Crippen molar-refractivity contribution < 1.29 is 9.90 Å². The zero-order chi connectivity index (χ0) is 13.1. The minimum Gasteiger partial charge on any atom is -0.465 e. The molecule has 1 aromatic carbocycles. The maximum absolute atomic E-state index is 11.3. The minimum atomic E-state index is -0.906. The largest absolute Gasteiger partial charge is 0.465 e. The van der Waals surface area contributed by atoms with E-state index in [0.717, 1.165) is 11.1 Å². The molecule has 0 aromatic heterocycles. The molecule has 0 spiro atoms. The molecule has 1 aromatic rings. The molecule has 0 bridgehead atoms. The molecule has 1 amide bonds. The summed E-state index contributed by atoms with van der Waals surface area (Å²) in [6, 6.07) is 7.69. The predicted molar refractivity (Wildman–Crippen MR) is 69.9 cm³/mol. The number of amides is 1. The van der Waals surface area contributed by atoms with E-state index in [-0.39, 0.29) is 0 Å². The Bertz CT molecular complexity index is 418. The lowest BCUT2D eigenvalue weighted by atomic mass is 10.0. The van der Waals surface area contributed by atoms with Crippen molar-refractivity contribution in [1.82, 2.24) is 4.90 Å². The van der Waals surface area contributed by atoms with E-state index in [9.17, 15) is 9.90 Å². The Kier molecular flexibility index (Phi) is 3.94. The molecule has 0 fully saturated rings. The van der Waals surface area contributed by atoms with Crippen molar-refractivity contribution in [2.24, 2.45) is 0 Å². The van der Waals surface area contributed by atoms with Gasteiger partial charge in [-0.15, -0.1) is 0 Å². The monoisotopic (exact) mass is 233 g/mol. The molecule has 17 heavy (non-hydrogen) atoms. The second-order valence-electron chi connectivity index (χ2n) is 4.94. The van der Waals surface area contributed by atoms with E-state index in [1.165, 1.54) is 4.90 Å². The Labute approximate surface area is 102 Å². The first-order valence-corrected chi connectivity index (χ1v) is 5.57. The third-order valence-electron chi connectivity index (χ3n) is 2.64. The van der Waals surface area contributed by atoms with Gasteiger partial charge in [0.2, 0.25) is 0 Å². The van der Waals surface area contributed by atoms with E-state index in [4.69, 9.17) is 0 Å². The van der Waals surface area contributed by atoms with Gasteiger partial charge in [0, 0.05) is 5.54 Å². The molecule has 0 unspecified atom stereocenters. The van der Waals surface area contributed by atoms with E-state index in [2.05, 4.69) is 6.58 Å². The zero-order valence-corrected chi connectivity index (χ0v) is 10.6. The van der Waals surface area contributed by atoms with Crippen LogP contribution in [0.1, 0.15) is 31.9 Å². The fourth-order valence-corrected chi connectivity index (χ4v) is 1.64. The molecule has 0 aliphatic rings. The molecule has 0 radical (unpaired) electrons. The van der Waals surface area contributed by atoms with Crippen molar-refractivity contribution in [3.8, 4) is 0 Å². The molecule has 0 saturated carbocycles. The normalized spacial score (nSPS) is 11.0. The lowest BCUT2D eigenvalue weighted by Crippen LogP contribution is -2.44. The molecule has 0 aliphatic heterocycles. The summed E-state index contributed by atoms with van der Waals surface area (Å²) in [5, 5.41) is 9.23. The number of hydrogen-bond donors (Lipinski definition) is 1. The van der Waals surface area contributed by atoms with Gasteiger partial charge in [0.15, 0.2) is 0 Å². The standard InChI is InChI=1S/C14H19NO2/c1-5-11-8-6-7-9-12(11)10-15(13(16)17)14(2,3)4/h5-9H,1,10H2,2-4H3,(H,16,17). The highest BCUT2D eigenvalue weighted by molar-refractivity contribution is 5.66. The van der Waals surface area contributed by atoms with Crippen LogP contribution in [0.3, 0.4) is 0 Å². The Balaban J connectivity index is 3.02. The molecule has 92 valence electrons. The maximum Gasteiger partial charge on any atom is 0.408 e. The summed E-state index contributed by atoms with van der Waals surface area (Å²) >= 11 is 0. The van der Waals surface area contributed by atoms with Crippen molar-refractivity contribution in [3.63, 3.8) is 0 Å². The van der Waals surface area contributed by atoms with Crippen molar-refractivity contribution in [2.45, 2.75) is 32.9 Å². The summed E-state index contributed by atoms with van der Waals surface area (Å²) in [5.74, 6) is 0. The topological polar surface area (TPSA) is 40.5 Å². The van der Waals surface area contributed by atoms with E-state index in [1.54, 1.807) is 6.08 Å². The highest BCUT2D eigenvalue weighted by Gasteiger charge is 2.26. The molecule has 0 heterocycles. The average Bonchev–Trinajstić information content (AvgIpc) is 2.24. The number of carboxylic acid groups (broad SMARTS) is 1. The highest BCUT2D eigenvalue weighted by atomic mass is 16.4. The summed E-state index contributed by atoms with van der Waals surface area (Å²) in [5.41, 5.74) is 1.53. The lowest BCUT2D eigenvalue weighted by molar-refractivity contribution is 0.0955. The highest BCUT2D eigenvalue weighted by Crippen LogP contribution is 2.20. The summed E-state index contributed by atoms with van der Waals surface area (Å²) < 4.78 is 0. The fourth-order valence-electron chi connectivity index (χ4n) is 1.64. The zero-order valence-electron chi connectivity index (χ0n) is 10.6. The first-order valence-electron chi connectivity index (χ1n) is 5.57. The van der Waals surface area contributed by atoms with Crippen molar-refractivity contribution in [3.05, 3.63) is 42.0 Å². The molecule has 1 rings (SSSR count). The van der Waals surface area contributed by atoms with Crippen LogP contribution in [-0.2, 0) is 6.54 Å². The third kappa shape index (κ3) is 3.34. The van der Waals surface area contributed by atoms with Crippen LogP contribution in [0.5, 0.6) is 0 Å². The van der Waals surface area contributed by atoms with Gasteiger partial charge in [0.25, 0.3) is 0 Å². The van der Waals surface area contributed by atoms with E-state index < -0.39 is 11.6 Å². The second kappa shape index (κ2) is 5.04. The predicted octanol–water partition coefficient (Wildman–Crippen LogP) is 3.61. The van der Waals surface area contributed by atoms with Crippen LogP contribution in [-0.4, -0.2) is 21.6 Å². The third-order valence-corrected chi connectivity index (χ3v) is 2.64. The summed E-state index contributed by atoms with van der Waals surface area (Å²) in [4.78, 5) is 12.7. The van der Waals surface area contributed by atoms with Crippen molar-refractivity contribution in [2.75, 3.05) is 0 Å². The summed E-state index contributed by atoms with van der Waals surface area (Å²) in [7, 11) is 0. The van der Waals surface area contributed by atoms with Crippen molar-refractivity contribution >= 4 is 12.2 Å². The number of benzene rings is 1. The summed E-state index contributed by atoms with van der Waals surface area (Å²) in [6.07, 6.45) is 0.842. The summed E-state index contributed by atoms with van der Waals surface area (Å²) in [6.45, 7) is 9.78. The second-order valence-corrected chi connectivity index (χ2v) is 4.94. The molecule has 0 aliphatic carbocycles. The Morgan fingerprint density at radius 1 is 1.41 bits per heavy atom. The molecule has 1 N–H and O–H groups in total. The average molecular weight is 233 g/mol. The maximum atomic E-state index is 11.3. The van der Waals surface area contributed by atoms with Gasteiger partial charge in [-0.3, -0.25) is 4.90 Å². The Morgan fingerprint density at radius 3 is 2.47 bits per heavy atom.